The molecule has 0 aliphatic carbocycles. The first kappa shape index (κ1) is 18.7. The number of halogens is 1. The van der Waals surface area contributed by atoms with Crippen molar-refractivity contribution in [1.82, 2.24) is 5.32 Å². The van der Waals surface area contributed by atoms with Crippen LogP contribution in [0.4, 0.5) is 5.69 Å². The van der Waals surface area contributed by atoms with Gasteiger partial charge in [0.05, 0.1) is 21.2 Å². The zero-order valence-corrected chi connectivity index (χ0v) is 16.3. The highest BCUT2D eigenvalue weighted by atomic mass is 35.5. The Labute approximate surface area is 159 Å². The topological polar surface area (TPSA) is 66.5 Å². The summed E-state index contributed by atoms with van der Waals surface area (Å²) in [6, 6.07) is 11.7. The molecule has 2 aromatic carbocycles. The number of rotatable bonds is 4. The molecule has 138 valence electrons. The standard InChI is InChI=1S/C19H21ClN2O3S/c1-13(2)21-19(23)16-12-15(9-10-17(16)20)26(24,25)22-11-5-7-14-6-3-4-8-18(14)22/h3-4,6,8-10,12-13H,5,7,11H2,1-2H3,(H,21,23). The molecular weight excluding hydrogens is 372 g/mol. The second kappa shape index (κ2) is 7.29. The van der Waals surface area contributed by atoms with Crippen molar-refractivity contribution in [2.45, 2.75) is 37.6 Å². The molecule has 1 heterocycles. The summed E-state index contributed by atoms with van der Waals surface area (Å²) in [6.07, 6.45) is 1.61. The number of hydrogen-bond acceptors (Lipinski definition) is 3. The fraction of sp³-hybridized carbons (Fsp3) is 0.316. The number of anilines is 1. The smallest absolute Gasteiger partial charge is 0.264 e. The van der Waals surface area contributed by atoms with Gasteiger partial charge in [0.2, 0.25) is 0 Å². The number of fused-ring (bicyclic) bond motifs is 1. The third-order valence-electron chi connectivity index (χ3n) is 4.26. The van der Waals surface area contributed by atoms with E-state index >= 15 is 0 Å². The van der Waals surface area contributed by atoms with E-state index in [9.17, 15) is 13.2 Å². The van der Waals surface area contributed by atoms with Crippen LogP contribution in [0.2, 0.25) is 5.02 Å². The van der Waals surface area contributed by atoms with E-state index in [4.69, 9.17) is 11.6 Å². The van der Waals surface area contributed by atoms with E-state index in [2.05, 4.69) is 5.32 Å². The molecule has 0 atom stereocenters. The van der Waals surface area contributed by atoms with Gasteiger partial charge in [-0.2, -0.15) is 0 Å². The number of sulfonamides is 1. The number of hydrogen-bond donors (Lipinski definition) is 1. The molecule has 1 amide bonds. The minimum atomic E-state index is -3.78. The minimum Gasteiger partial charge on any atom is -0.350 e. The summed E-state index contributed by atoms with van der Waals surface area (Å²) in [5.41, 5.74) is 1.86. The highest BCUT2D eigenvalue weighted by molar-refractivity contribution is 7.92. The van der Waals surface area contributed by atoms with Crippen molar-refractivity contribution in [3.63, 3.8) is 0 Å². The van der Waals surface area contributed by atoms with Gasteiger partial charge in [-0.15, -0.1) is 0 Å². The summed E-state index contributed by atoms with van der Waals surface area (Å²) < 4.78 is 27.8. The normalized spacial score (nSPS) is 14.2. The fourth-order valence-corrected chi connectivity index (χ4v) is 4.83. The number of carbonyl (C=O) groups excluding carboxylic acids is 1. The average Bonchev–Trinajstić information content (AvgIpc) is 2.60. The van der Waals surface area contributed by atoms with Gasteiger partial charge in [-0.3, -0.25) is 9.10 Å². The minimum absolute atomic E-state index is 0.0625. The summed E-state index contributed by atoms with van der Waals surface area (Å²) >= 11 is 6.12. The zero-order valence-electron chi connectivity index (χ0n) is 14.7. The van der Waals surface area contributed by atoms with Gasteiger partial charge >= 0.3 is 0 Å². The van der Waals surface area contributed by atoms with Crippen LogP contribution in [0.15, 0.2) is 47.4 Å². The van der Waals surface area contributed by atoms with Crippen LogP contribution in [0.5, 0.6) is 0 Å². The van der Waals surface area contributed by atoms with Crippen LogP contribution in [0.3, 0.4) is 0 Å². The van der Waals surface area contributed by atoms with Gasteiger partial charge in [0.1, 0.15) is 0 Å². The fourth-order valence-electron chi connectivity index (χ4n) is 3.05. The molecule has 1 aliphatic rings. The maximum atomic E-state index is 13.2. The van der Waals surface area contributed by atoms with Crippen molar-refractivity contribution in [3.8, 4) is 0 Å². The van der Waals surface area contributed by atoms with Gasteiger partial charge in [0.25, 0.3) is 15.9 Å². The number of nitrogens with zero attached hydrogens (tertiary/aromatic N) is 1. The SMILES string of the molecule is CC(C)NC(=O)c1cc(S(=O)(=O)N2CCCc3ccccc32)ccc1Cl. The molecule has 0 spiro atoms. The molecule has 1 N–H and O–H groups in total. The van der Waals surface area contributed by atoms with E-state index < -0.39 is 10.0 Å². The van der Waals surface area contributed by atoms with Gasteiger partial charge in [-0.25, -0.2) is 8.42 Å². The van der Waals surface area contributed by atoms with Crippen LogP contribution < -0.4 is 9.62 Å². The Bertz CT molecular complexity index is 942. The molecule has 7 heteroatoms. The first-order valence-electron chi connectivity index (χ1n) is 8.52. The highest BCUT2D eigenvalue weighted by Gasteiger charge is 2.29. The van der Waals surface area contributed by atoms with Crippen LogP contribution in [-0.2, 0) is 16.4 Å². The van der Waals surface area contributed by atoms with Crippen molar-refractivity contribution in [2.75, 3.05) is 10.8 Å². The monoisotopic (exact) mass is 392 g/mol. The number of amides is 1. The molecular formula is C19H21ClN2O3S. The first-order valence-corrected chi connectivity index (χ1v) is 10.3. The van der Waals surface area contributed by atoms with E-state index in [1.54, 1.807) is 0 Å². The molecule has 3 rings (SSSR count). The number of nitrogens with one attached hydrogen (secondary N) is 1. The molecule has 2 aromatic rings. The van der Waals surface area contributed by atoms with Crippen molar-refractivity contribution >= 4 is 33.2 Å². The quantitative estimate of drug-likeness (QED) is 0.864. The second-order valence-corrected chi connectivity index (χ2v) is 8.85. The van der Waals surface area contributed by atoms with Crippen molar-refractivity contribution in [2.24, 2.45) is 0 Å². The molecule has 0 unspecified atom stereocenters. The second-order valence-electron chi connectivity index (χ2n) is 6.58. The molecule has 5 nitrogen and oxygen atoms in total. The Kier molecular flexibility index (Phi) is 5.25. The number of carbonyl (C=O) groups is 1. The van der Waals surface area contributed by atoms with Crippen molar-refractivity contribution in [1.29, 1.82) is 0 Å². The van der Waals surface area contributed by atoms with E-state index in [1.807, 2.05) is 38.1 Å². The maximum Gasteiger partial charge on any atom is 0.264 e. The lowest BCUT2D eigenvalue weighted by Crippen LogP contribution is -2.36. The lowest BCUT2D eigenvalue weighted by atomic mass is 10.0. The maximum absolute atomic E-state index is 13.2. The van der Waals surface area contributed by atoms with Crippen molar-refractivity contribution < 1.29 is 13.2 Å². The predicted molar refractivity (Wildman–Crippen MR) is 103 cm³/mol. The van der Waals surface area contributed by atoms with E-state index in [0.717, 1.165) is 18.4 Å². The zero-order chi connectivity index (χ0) is 18.9. The molecule has 26 heavy (non-hydrogen) atoms. The van der Waals surface area contributed by atoms with Crippen LogP contribution in [0, 0.1) is 0 Å². The Morgan fingerprint density at radius 1 is 1.19 bits per heavy atom. The predicted octanol–water partition coefficient (Wildman–Crippen LogP) is 3.62. The Morgan fingerprint density at radius 3 is 2.65 bits per heavy atom. The third-order valence-corrected chi connectivity index (χ3v) is 6.40. The number of aryl methyl sites for hydroxylation is 1. The van der Waals surface area contributed by atoms with Gasteiger partial charge in [-0.05, 0) is 56.5 Å². The van der Waals surface area contributed by atoms with E-state index in [1.165, 1.54) is 22.5 Å². The van der Waals surface area contributed by atoms with Gasteiger partial charge in [0, 0.05) is 12.6 Å². The lowest BCUT2D eigenvalue weighted by molar-refractivity contribution is 0.0943. The summed E-state index contributed by atoms with van der Waals surface area (Å²) in [7, 11) is -3.78. The summed E-state index contributed by atoms with van der Waals surface area (Å²) in [4.78, 5) is 12.4. The van der Waals surface area contributed by atoms with Gasteiger partial charge in [-0.1, -0.05) is 29.8 Å². The van der Waals surface area contributed by atoms with Crippen LogP contribution in [0.25, 0.3) is 0 Å². The van der Waals surface area contributed by atoms with Gasteiger partial charge in [0.15, 0.2) is 0 Å². The molecule has 0 fully saturated rings. The molecule has 1 aliphatic heterocycles. The average molecular weight is 393 g/mol. The summed E-state index contributed by atoms with van der Waals surface area (Å²) in [6.45, 7) is 4.07. The van der Waals surface area contributed by atoms with Gasteiger partial charge < -0.3 is 5.32 Å². The molecule has 0 radical (unpaired) electrons. The van der Waals surface area contributed by atoms with Crippen LogP contribution in [0.1, 0.15) is 36.2 Å². The molecule has 0 bridgehead atoms. The van der Waals surface area contributed by atoms with Crippen LogP contribution >= 0.6 is 11.6 Å². The van der Waals surface area contributed by atoms with Crippen LogP contribution in [-0.4, -0.2) is 26.9 Å². The highest BCUT2D eigenvalue weighted by Crippen LogP contribution is 2.32. The number of para-hydroxylation sites is 1. The Morgan fingerprint density at radius 2 is 1.92 bits per heavy atom. The number of benzene rings is 2. The lowest BCUT2D eigenvalue weighted by Gasteiger charge is -2.30. The molecule has 0 saturated heterocycles. The van der Waals surface area contributed by atoms with E-state index in [-0.39, 0.29) is 27.4 Å². The Hall–Kier alpha value is -2.05. The van der Waals surface area contributed by atoms with E-state index in [0.29, 0.717) is 12.2 Å². The largest absolute Gasteiger partial charge is 0.350 e. The molecule has 0 saturated carbocycles. The summed E-state index contributed by atoms with van der Waals surface area (Å²) in [5, 5.41) is 2.97. The first-order chi connectivity index (χ1) is 12.3. The third kappa shape index (κ3) is 3.57. The van der Waals surface area contributed by atoms with Crippen molar-refractivity contribution in [3.05, 3.63) is 58.6 Å². The molecule has 0 aromatic heterocycles. The summed E-state index contributed by atoms with van der Waals surface area (Å²) in [5.74, 6) is -0.388. The Balaban J connectivity index is 2.02.